The fourth-order valence-electron chi connectivity index (χ4n) is 3.11. The average Bonchev–Trinajstić information content (AvgIpc) is 3.38. The molecule has 1 aromatic rings. The molecule has 1 saturated carbocycles. The van der Waals surface area contributed by atoms with Crippen molar-refractivity contribution in [1.82, 2.24) is 10.2 Å². The molecule has 2 amide bonds. The summed E-state index contributed by atoms with van der Waals surface area (Å²) in [5.74, 6) is 0.680. The van der Waals surface area contributed by atoms with Crippen molar-refractivity contribution in [3.05, 3.63) is 29.8 Å². The predicted molar refractivity (Wildman–Crippen MR) is 90.3 cm³/mol. The van der Waals surface area contributed by atoms with Crippen LogP contribution in [0.25, 0.3) is 0 Å². The Labute approximate surface area is 137 Å². The van der Waals surface area contributed by atoms with Crippen molar-refractivity contribution < 1.29 is 9.59 Å². The molecular weight excluding hydrogens is 290 g/mol. The van der Waals surface area contributed by atoms with E-state index in [4.69, 9.17) is 0 Å². The molecule has 1 aliphatic carbocycles. The second-order valence-corrected chi connectivity index (χ2v) is 6.82. The fraction of sp³-hybridized carbons (Fsp3) is 0.556. The van der Waals surface area contributed by atoms with Crippen molar-refractivity contribution in [2.45, 2.75) is 25.7 Å². The number of nitrogens with zero attached hydrogens (tertiary/aromatic N) is 1. The molecule has 1 atom stereocenters. The van der Waals surface area contributed by atoms with Gasteiger partial charge in [-0.1, -0.05) is 6.07 Å². The first-order chi connectivity index (χ1) is 11.1. The molecule has 124 valence electrons. The first-order valence-corrected chi connectivity index (χ1v) is 8.49. The van der Waals surface area contributed by atoms with E-state index >= 15 is 0 Å². The van der Waals surface area contributed by atoms with Gasteiger partial charge in [0.15, 0.2) is 0 Å². The maximum absolute atomic E-state index is 12.3. The monoisotopic (exact) mass is 315 g/mol. The summed E-state index contributed by atoms with van der Waals surface area (Å²) in [5.41, 5.74) is 1.30. The highest BCUT2D eigenvalue weighted by atomic mass is 16.2. The fourth-order valence-corrected chi connectivity index (χ4v) is 3.11. The number of piperidine rings is 1. The van der Waals surface area contributed by atoms with Crippen molar-refractivity contribution >= 4 is 17.5 Å². The Kier molecular flexibility index (Phi) is 4.96. The summed E-state index contributed by atoms with van der Waals surface area (Å²) in [5, 5.41) is 5.91. The van der Waals surface area contributed by atoms with Gasteiger partial charge in [-0.3, -0.25) is 9.59 Å². The van der Waals surface area contributed by atoms with Crippen LogP contribution in [0, 0.1) is 11.8 Å². The third-order valence-electron chi connectivity index (χ3n) is 4.61. The summed E-state index contributed by atoms with van der Waals surface area (Å²) in [7, 11) is 2.13. The van der Waals surface area contributed by atoms with Gasteiger partial charge in [0.25, 0.3) is 5.91 Å². The van der Waals surface area contributed by atoms with Crippen LogP contribution in [0.2, 0.25) is 0 Å². The molecule has 1 saturated heterocycles. The summed E-state index contributed by atoms with van der Waals surface area (Å²) in [4.78, 5) is 26.4. The second-order valence-electron chi connectivity index (χ2n) is 6.82. The highest BCUT2D eigenvalue weighted by Crippen LogP contribution is 2.30. The molecule has 2 N–H and O–H groups in total. The average molecular weight is 315 g/mol. The van der Waals surface area contributed by atoms with E-state index in [-0.39, 0.29) is 17.7 Å². The van der Waals surface area contributed by atoms with Crippen LogP contribution in [0.4, 0.5) is 5.69 Å². The molecule has 0 aromatic heterocycles. The molecular formula is C18H25N3O2. The third-order valence-corrected chi connectivity index (χ3v) is 4.61. The maximum atomic E-state index is 12.3. The van der Waals surface area contributed by atoms with Gasteiger partial charge < -0.3 is 15.5 Å². The Morgan fingerprint density at radius 1 is 1.26 bits per heavy atom. The lowest BCUT2D eigenvalue weighted by Gasteiger charge is -2.29. The highest BCUT2D eigenvalue weighted by Gasteiger charge is 2.29. The zero-order chi connectivity index (χ0) is 16.2. The van der Waals surface area contributed by atoms with Gasteiger partial charge in [-0.25, -0.2) is 0 Å². The van der Waals surface area contributed by atoms with Crippen molar-refractivity contribution in [2.24, 2.45) is 11.8 Å². The van der Waals surface area contributed by atoms with E-state index in [1.807, 2.05) is 12.1 Å². The minimum atomic E-state index is -0.0688. The van der Waals surface area contributed by atoms with E-state index < -0.39 is 0 Å². The number of amides is 2. The van der Waals surface area contributed by atoms with Crippen LogP contribution in [-0.2, 0) is 4.79 Å². The Morgan fingerprint density at radius 3 is 2.83 bits per heavy atom. The number of carbonyl (C=O) groups excluding carboxylic acids is 2. The van der Waals surface area contributed by atoms with Crippen LogP contribution in [-0.4, -0.2) is 43.4 Å². The normalized spacial score (nSPS) is 21.7. The Hall–Kier alpha value is -1.88. The number of anilines is 1. The number of hydrogen-bond acceptors (Lipinski definition) is 3. The molecule has 0 spiro atoms. The number of benzene rings is 1. The molecule has 23 heavy (non-hydrogen) atoms. The third kappa shape index (κ3) is 4.55. The largest absolute Gasteiger partial charge is 0.352 e. The first-order valence-electron chi connectivity index (χ1n) is 8.49. The summed E-state index contributed by atoms with van der Waals surface area (Å²) < 4.78 is 0. The summed E-state index contributed by atoms with van der Waals surface area (Å²) >= 11 is 0. The van der Waals surface area contributed by atoms with Gasteiger partial charge >= 0.3 is 0 Å². The molecule has 5 heteroatoms. The van der Waals surface area contributed by atoms with Gasteiger partial charge in [0.05, 0.1) is 0 Å². The standard InChI is InChI=1S/C18H25N3O2/c1-21-9-3-4-13(12-21)11-19-17(22)15-5-2-6-16(10-15)20-18(23)14-7-8-14/h2,5-6,10,13-14H,3-4,7-9,11-12H2,1H3,(H,19,22)(H,20,23)/t13-/m1/s1. The van der Waals surface area contributed by atoms with Gasteiger partial charge in [-0.2, -0.15) is 0 Å². The molecule has 0 unspecified atom stereocenters. The number of likely N-dealkylation sites (tertiary alicyclic amines) is 1. The summed E-state index contributed by atoms with van der Waals surface area (Å²) in [6, 6.07) is 7.18. The van der Waals surface area contributed by atoms with Gasteiger partial charge in [0, 0.05) is 30.3 Å². The van der Waals surface area contributed by atoms with Crippen molar-refractivity contribution in [1.29, 1.82) is 0 Å². The number of hydrogen-bond donors (Lipinski definition) is 2. The Morgan fingerprint density at radius 2 is 2.09 bits per heavy atom. The van der Waals surface area contributed by atoms with Crippen LogP contribution in [0.1, 0.15) is 36.0 Å². The van der Waals surface area contributed by atoms with Crippen molar-refractivity contribution in [3.8, 4) is 0 Å². The van der Waals surface area contributed by atoms with Crippen LogP contribution in [0.3, 0.4) is 0 Å². The molecule has 5 nitrogen and oxygen atoms in total. The number of nitrogens with one attached hydrogen (secondary N) is 2. The van der Waals surface area contributed by atoms with Crippen LogP contribution in [0.5, 0.6) is 0 Å². The zero-order valence-electron chi connectivity index (χ0n) is 13.7. The lowest BCUT2D eigenvalue weighted by atomic mass is 9.98. The minimum Gasteiger partial charge on any atom is -0.352 e. The van der Waals surface area contributed by atoms with Gasteiger partial charge in [0.2, 0.25) is 5.91 Å². The van der Waals surface area contributed by atoms with Crippen LogP contribution in [0.15, 0.2) is 24.3 Å². The number of rotatable bonds is 5. The second kappa shape index (κ2) is 7.13. The van der Waals surface area contributed by atoms with Crippen molar-refractivity contribution in [3.63, 3.8) is 0 Å². The minimum absolute atomic E-state index is 0.0628. The topological polar surface area (TPSA) is 61.4 Å². The van der Waals surface area contributed by atoms with Crippen molar-refractivity contribution in [2.75, 3.05) is 32.0 Å². The molecule has 1 aliphatic heterocycles. The van der Waals surface area contributed by atoms with E-state index in [1.54, 1.807) is 12.1 Å². The smallest absolute Gasteiger partial charge is 0.251 e. The predicted octanol–water partition coefficient (Wildman–Crippen LogP) is 2.11. The zero-order valence-corrected chi connectivity index (χ0v) is 13.7. The molecule has 2 aliphatic rings. The summed E-state index contributed by atoms with van der Waals surface area (Å²) in [6.07, 6.45) is 4.31. The quantitative estimate of drug-likeness (QED) is 0.875. The van der Waals surface area contributed by atoms with Crippen LogP contribution < -0.4 is 10.6 Å². The van der Waals surface area contributed by atoms with Crippen LogP contribution >= 0.6 is 0 Å². The molecule has 0 bridgehead atoms. The molecule has 1 heterocycles. The molecule has 2 fully saturated rings. The lowest BCUT2D eigenvalue weighted by molar-refractivity contribution is -0.117. The molecule has 3 rings (SSSR count). The Bertz CT molecular complexity index is 583. The van der Waals surface area contributed by atoms with E-state index in [0.29, 0.717) is 23.7 Å². The SMILES string of the molecule is CN1CCC[C@H](CNC(=O)c2cccc(NC(=O)C3CC3)c2)C1. The summed E-state index contributed by atoms with van der Waals surface area (Å²) in [6.45, 7) is 2.90. The Balaban J connectivity index is 1.53. The molecule has 1 aromatic carbocycles. The van der Waals surface area contributed by atoms with Gasteiger partial charge in [-0.15, -0.1) is 0 Å². The molecule has 0 radical (unpaired) electrons. The maximum Gasteiger partial charge on any atom is 0.251 e. The van der Waals surface area contributed by atoms with E-state index in [1.165, 1.54) is 12.8 Å². The lowest BCUT2D eigenvalue weighted by Crippen LogP contribution is -2.39. The first kappa shape index (κ1) is 16.0. The highest BCUT2D eigenvalue weighted by molar-refractivity contribution is 5.98. The van der Waals surface area contributed by atoms with Gasteiger partial charge in [0.1, 0.15) is 0 Å². The van der Waals surface area contributed by atoms with E-state index in [0.717, 1.165) is 25.9 Å². The van der Waals surface area contributed by atoms with E-state index in [2.05, 4.69) is 22.6 Å². The van der Waals surface area contributed by atoms with Gasteiger partial charge in [-0.05, 0) is 63.4 Å². The number of carbonyl (C=O) groups is 2. The van der Waals surface area contributed by atoms with E-state index in [9.17, 15) is 9.59 Å².